The topological polar surface area (TPSA) is 50.8 Å². The van der Waals surface area contributed by atoms with Crippen LogP contribution in [0.5, 0.6) is 0 Å². The molecule has 0 heterocycles. The predicted molar refractivity (Wildman–Crippen MR) is 94.0 cm³/mol. The number of benzene rings is 1. The minimum absolute atomic E-state index is 0.0182. The van der Waals surface area contributed by atoms with Crippen molar-refractivity contribution in [1.29, 1.82) is 0 Å². The van der Waals surface area contributed by atoms with Gasteiger partial charge in [-0.15, -0.1) is 0 Å². The summed E-state index contributed by atoms with van der Waals surface area (Å²) in [5.41, 5.74) is 1.99. The van der Waals surface area contributed by atoms with Gasteiger partial charge in [0.2, 0.25) is 5.91 Å². The van der Waals surface area contributed by atoms with E-state index in [2.05, 4.69) is 32.2 Å². The molecule has 1 aromatic rings. The largest absolute Gasteiger partial charge is 0.383 e. The number of amides is 1. The zero-order valence-corrected chi connectivity index (χ0v) is 15.0. The van der Waals surface area contributed by atoms with Crippen molar-refractivity contribution in [2.24, 2.45) is 0 Å². The third-order valence-corrected chi connectivity index (χ3v) is 3.60. The van der Waals surface area contributed by atoms with E-state index in [0.29, 0.717) is 32.8 Å². The highest BCUT2D eigenvalue weighted by Gasteiger charge is 2.19. The van der Waals surface area contributed by atoms with Gasteiger partial charge in [-0.05, 0) is 17.0 Å². The van der Waals surface area contributed by atoms with Gasteiger partial charge in [0.1, 0.15) is 0 Å². The zero-order chi connectivity index (χ0) is 17.3. The molecule has 1 rings (SSSR count). The van der Waals surface area contributed by atoms with Crippen molar-refractivity contribution >= 4 is 11.6 Å². The Kier molecular flexibility index (Phi) is 8.23. The van der Waals surface area contributed by atoms with E-state index in [0.717, 1.165) is 11.3 Å². The van der Waals surface area contributed by atoms with E-state index in [1.54, 1.807) is 14.2 Å². The van der Waals surface area contributed by atoms with E-state index in [4.69, 9.17) is 9.47 Å². The maximum Gasteiger partial charge on any atom is 0.238 e. The molecule has 0 saturated heterocycles. The summed E-state index contributed by atoms with van der Waals surface area (Å²) in [6.45, 7) is 9.34. The maximum absolute atomic E-state index is 12.4. The average Bonchev–Trinajstić information content (AvgIpc) is 2.49. The summed E-state index contributed by atoms with van der Waals surface area (Å²) < 4.78 is 10.2. The smallest absolute Gasteiger partial charge is 0.238 e. The third kappa shape index (κ3) is 7.12. The van der Waals surface area contributed by atoms with Gasteiger partial charge in [0, 0.05) is 33.0 Å². The van der Waals surface area contributed by atoms with E-state index in [1.807, 2.05) is 23.1 Å². The van der Waals surface area contributed by atoms with Crippen LogP contribution in [0.3, 0.4) is 0 Å². The van der Waals surface area contributed by atoms with Crippen molar-refractivity contribution in [1.82, 2.24) is 4.90 Å². The lowest BCUT2D eigenvalue weighted by Gasteiger charge is -2.24. The summed E-state index contributed by atoms with van der Waals surface area (Å²) in [7, 11) is 3.32. The van der Waals surface area contributed by atoms with Crippen molar-refractivity contribution in [3.05, 3.63) is 29.8 Å². The van der Waals surface area contributed by atoms with Gasteiger partial charge in [-0.1, -0.05) is 39.0 Å². The number of hydrogen-bond acceptors (Lipinski definition) is 4. The lowest BCUT2D eigenvalue weighted by molar-refractivity contribution is -0.117. The van der Waals surface area contributed by atoms with Crippen LogP contribution in [-0.2, 0) is 19.7 Å². The Bertz CT molecular complexity index is 475. The van der Waals surface area contributed by atoms with Crippen LogP contribution in [0.1, 0.15) is 26.3 Å². The number of carbonyl (C=O) groups is 1. The summed E-state index contributed by atoms with van der Waals surface area (Å²) in [4.78, 5) is 14.4. The summed E-state index contributed by atoms with van der Waals surface area (Å²) in [6, 6.07) is 7.95. The second-order valence-electron chi connectivity index (χ2n) is 6.61. The molecule has 0 bridgehead atoms. The summed E-state index contributed by atoms with van der Waals surface area (Å²) >= 11 is 0. The highest BCUT2D eigenvalue weighted by Crippen LogP contribution is 2.29. The number of anilines is 1. The van der Waals surface area contributed by atoms with Gasteiger partial charge in [0.25, 0.3) is 0 Å². The van der Waals surface area contributed by atoms with Gasteiger partial charge in [-0.25, -0.2) is 0 Å². The van der Waals surface area contributed by atoms with Crippen LogP contribution in [-0.4, -0.2) is 57.9 Å². The van der Waals surface area contributed by atoms with Crippen LogP contribution >= 0.6 is 0 Å². The fourth-order valence-electron chi connectivity index (χ4n) is 2.35. The van der Waals surface area contributed by atoms with Crippen molar-refractivity contribution < 1.29 is 14.3 Å². The van der Waals surface area contributed by atoms with Gasteiger partial charge >= 0.3 is 0 Å². The van der Waals surface area contributed by atoms with Gasteiger partial charge in [0.15, 0.2) is 0 Å². The molecule has 0 aromatic heterocycles. The SMILES string of the molecule is COCCN(CCOC)CC(=O)Nc1ccccc1C(C)(C)C. The molecule has 23 heavy (non-hydrogen) atoms. The molecular weight excluding hydrogens is 292 g/mol. The van der Waals surface area contributed by atoms with E-state index in [-0.39, 0.29) is 11.3 Å². The van der Waals surface area contributed by atoms with E-state index >= 15 is 0 Å². The molecule has 0 aliphatic heterocycles. The number of methoxy groups -OCH3 is 2. The highest BCUT2D eigenvalue weighted by atomic mass is 16.5. The Hall–Kier alpha value is -1.43. The van der Waals surface area contributed by atoms with Crippen LogP contribution in [0.15, 0.2) is 24.3 Å². The Morgan fingerprint density at radius 1 is 1.09 bits per heavy atom. The number of nitrogens with one attached hydrogen (secondary N) is 1. The fraction of sp³-hybridized carbons (Fsp3) is 0.611. The molecule has 1 N–H and O–H groups in total. The Labute approximate surface area is 140 Å². The van der Waals surface area contributed by atoms with Crippen LogP contribution in [0.4, 0.5) is 5.69 Å². The lowest BCUT2D eigenvalue weighted by Crippen LogP contribution is -2.37. The molecule has 0 radical (unpaired) electrons. The molecule has 0 atom stereocenters. The highest BCUT2D eigenvalue weighted by molar-refractivity contribution is 5.93. The first kappa shape index (κ1) is 19.6. The normalized spacial score (nSPS) is 11.7. The average molecular weight is 322 g/mol. The lowest BCUT2D eigenvalue weighted by atomic mass is 9.86. The standard InChI is InChI=1S/C18H30N2O3/c1-18(2,3)15-8-6-7-9-16(15)19-17(21)14-20(10-12-22-4)11-13-23-5/h6-9H,10-14H2,1-5H3,(H,19,21). The van der Waals surface area contributed by atoms with Crippen molar-refractivity contribution in [2.75, 3.05) is 52.4 Å². The monoisotopic (exact) mass is 322 g/mol. The second-order valence-corrected chi connectivity index (χ2v) is 6.61. The van der Waals surface area contributed by atoms with Gasteiger partial charge in [0.05, 0.1) is 19.8 Å². The predicted octanol–water partition coefficient (Wildman–Crippen LogP) is 2.52. The maximum atomic E-state index is 12.4. The first-order valence-corrected chi connectivity index (χ1v) is 7.98. The molecule has 1 aromatic carbocycles. The second kappa shape index (κ2) is 9.65. The Morgan fingerprint density at radius 3 is 2.17 bits per heavy atom. The van der Waals surface area contributed by atoms with E-state index < -0.39 is 0 Å². The fourth-order valence-corrected chi connectivity index (χ4v) is 2.35. The summed E-state index contributed by atoms with van der Waals surface area (Å²) in [5.74, 6) is -0.0195. The van der Waals surface area contributed by atoms with Crippen molar-refractivity contribution in [3.8, 4) is 0 Å². The molecule has 0 saturated carbocycles. The molecule has 1 amide bonds. The Morgan fingerprint density at radius 2 is 1.65 bits per heavy atom. The molecule has 130 valence electrons. The number of carbonyl (C=O) groups excluding carboxylic acids is 1. The number of rotatable bonds is 9. The quantitative estimate of drug-likeness (QED) is 0.759. The zero-order valence-electron chi connectivity index (χ0n) is 15.0. The first-order valence-electron chi connectivity index (χ1n) is 7.98. The molecular formula is C18H30N2O3. The number of ether oxygens (including phenoxy) is 2. The molecule has 0 aliphatic rings. The number of para-hydroxylation sites is 1. The minimum Gasteiger partial charge on any atom is -0.383 e. The molecule has 5 heteroatoms. The van der Waals surface area contributed by atoms with Gasteiger partial charge in [-0.3, -0.25) is 9.69 Å². The molecule has 0 unspecified atom stereocenters. The molecule has 5 nitrogen and oxygen atoms in total. The number of hydrogen-bond donors (Lipinski definition) is 1. The van der Waals surface area contributed by atoms with E-state index in [9.17, 15) is 4.79 Å². The molecule has 0 spiro atoms. The van der Waals surface area contributed by atoms with Gasteiger partial charge in [-0.2, -0.15) is 0 Å². The van der Waals surface area contributed by atoms with Crippen molar-refractivity contribution in [2.45, 2.75) is 26.2 Å². The van der Waals surface area contributed by atoms with E-state index in [1.165, 1.54) is 0 Å². The summed E-state index contributed by atoms with van der Waals surface area (Å²) in [5, 5.41) is 3.04. The minimum atomic E-state index is -0.0195. The van der Waals surface area contributed by atoms with Crippen LogP contribution in [0.2, 0.25) is 0 Å². The number of nitrogens with zero attached hydrogens (tertiary/aromatic N) is 1. The van der Waals surface area contributed by atoms with Gasteiger partial charge < -0.3 is 14.8 Å². The third-order valence-electron chi connectivity index (χ3n) is 3.60. The van der Waals surface area contributed by atoms with Crippen molar-refractivity contribution in [3.63, 3.8) is 0 Å². The summed E-state index contributed by atoms with van der Waals surface area (Å²) in [6.07, 6.45) is 0. The first-order chi connectivity index (χ1) is 10.9. The van der Waals surface area contributed by atoms with Crippen LogP contribution in [0.25, 0.3) is 0 Å². The van der Waals surface area contributed by atoms with Crippen LogP contribution in [0, 0.1) is 0 Å². The van der Waals surface area contributed by atoms with Crippen LogP contribution < -0.4 is 5.32 Å². The molecule has 0 aliphatic carbocycles. The molecule has 0 fully saturated rings. The Balaban J connectivity index is 2.71.